The summed E-state index contributed by atoms with van der Waals surface area (Å²) in [6.45, 7) is 3.16. The molecule has 2 N–H and O–H groups in total. The molecule has 0 amide bonds. The monoisotopic (exact) mass is 141 g/mol. The number of rotatable bonds is 3. The Balaban J connectivity index is 2.42. The first kappa shape index (κ1) is 7.24. The number of aromatic nitrogens is 2. The van der Waals surface area contributed by atoms with Crippen LogP contribution in [0.15, 0.2) is 12.3 Å². The average molecular weight is 141 g/mol. The van der Waals surface area contributed by atoms with Crippen LogP contribution in [0.3, 0.4) is 0 Å². The Morgan fingerprint density at radius 2 is 2.60 bits per heavy atom. The summed E-state index contributed by atoms with van der Waals surface area (Å²) < 4.78 is 1.79. The first-order valence-corrected chi connectivity index (χ1v) is 3.14. The summed E-state index contributed by atoms with van der Waals surface area (Å²) in [7, 11) is 0. The van der Waals surface area contributed by atoms with Crippen LogP contribution in [0.5, 0.6) is 0 Å². The summed E-state index contributed by atoms with van der Waals surface area (Å²) in [5.41, 5.74) is 1.01. The van der Waals surface area contributed by atoms with Gasteiger partial charge in [-0.3, -0.25) is 4.68 Å². The van der Waals surface area contributed by atoms with Crippen molar-refractivity contribution in [3.05, 3.63) is 18.0 Å². The van der Waals surface area contributed by atoms with Crippen LogP contribution in [-0.4, -0.2) is 16.4 Å². The summed E-state index contributed by atoms with van der Waals surface area (Å²) in [5.74, 6) is 4.84. The van der Waals surface area contributed by atoms with Gasteiger partial charge in [-0.2, -0.15) is 5.10 Å². The van der Waals surface area contributed by atoms with Gasteiger partial charge in [0.15, 0.2) is 0 Å². The van der Waals surface area contributed by atoms with Crippen LogP contribution < -0.4 is 5.90 Å². The first-order chi connectivity index (χ1) is 4.83. The fourth-order valence-corrected chi connectivity index (χ4v) is 0.734. The Kier molecular flexibility index (Phi) is 2.42. The van der Waals surface area contributed by atoms with Gasteiger partial charge in [0.1, 0.15) is 0 Å². The minimum absolute atomic E-state index is 0.501. The number of hydrogen-bond donors (Lipinski definition) is 1. The Labute approximate surface area is 59.5 Å². The lowest BCUT2D eigenvalue weighted by Crippen LogP contribution is -2.09. The predicted molar refractivity (Wildman–Crippen MR) is 37.1 cm³/mol. The molecule has 0 spiro atoms. The van der Waals surface area contributed by atoms with Crippen LogP contribution in [0.2, 0.25) is 0 Å². The van der Waals surface area contributed by atoms with Crippen LogP contribution in [0.1, 0.15) is 5.69 Å². The Bertz CT molecular complexity index is 197. The number of nitrogens with zero attached hydrogens (tertiary/aromatic N) is 2. The lowest BCUT2D eigenvalue weighted by molar-refractivity contribution is 0.127. The molecule has 10 heavy (non-hydrogen) atoms. The molecule has 0 saturated heterocycles. The van der Waals surface area contributed by atoms with E-state index in [-0.39, 0.29) is 0 Å². The van der Waals surface area contributed by atoms with Crippen molar-refractivity contribution in [1.29, 1.82) is 0 Å². The van der Waals surface area contributed by atoms with Gasteiger partial charge in [0.05, 0.1) is 18.8 Å². The summed E-state index contributed by atoms with van der Waals surface area (Å²) in [5, 5.41) is 4.13. The summed E-state index contributed by atoms with van der Waals surface area (Å²) >= 11 is 0. The van der Waals surface area contributed by atoms with Gasteiger partial charge in [-0.05, 0) is 13.0 Å². The second-order valence-electron chi connectivity index (χ2n) is 2.09. The normalized spacial score (nSPS) is 10.2. The summed E-state index contributed by atoms with van der Waals surface area (Å²) in [6.07, 6.45) is 1.90. The standard InChI is InChI=1S/C6H11N3O/c1-6-2-3-9(8-6)4-5-10-7/h2-3H,4-5,7H2,1H3. The molecule has 0 atom stereocenters. The van der Waals surface area contributed by atoms with Crippen molar-refractivity contribution in [2.75, 3.05) is 6.61 Å². The topological polar surface area (TPSA) is 53.1 Å². The molecule has 0 unspecified atom stereocenters. The molecule has 0 bridgehead atoms. The van der Waals surface area contributed by atoms with Gasteiger partial charge in [-0.25, -0.2) is 5.90 Å². The minimum atomic E-state index is 0.501. The quantitative estimate of drug-likeness (QED) is 0.606. The number of hydrogen-bond acceptors (Lipinski definition) is 3. The van der Waals surface area contributed by atoms with E-state index >= 15 is 0 Å². The zero-order chi connectivity index (χ0) is 7.40. The molecule has 0 radical (unpaired) electrons. The van der Waals surface area contributed by atoms with Gasteiger partial charge >= 0.3 is 0 Å². The zero-order valence-corrected chi connectivity index (χ0v) is 5.95. The average Bonchev–Trinajstić information content (AvgIpc) is 2.31. The molecular formula is C6H11N3O. The van der Waals surface area contributed by atoms with Crippen LogP contribution in [0.4, 0.5) is 0 Å². The second-order valence-corrected chi connectivity index (χ2v) is 2.09. The first-order valence-electron chi connectivity index (χ1n) is 3.14. The highest BCUT2D eigenvalue weighted by molar-refractivity contribution is 4.94. The van der Waals surface area contributed by atoms with Crippen molar-refractivity contribution in [3.8, 4) is 0 Å². The predicted octanol–water partition coefficient (Wildman–Crippen LogP) is 0.0818. The molecular weight excluding hydrogens is 130 g/mol. The summed E-state index contributed by atoms with van der Waals surface area (Å²) in [6, 6.07) is 1.94. The third kappa shape index (κ3) is 1.82. The van der Waals surface area contributed by atoms with E-state index in [1.807, 2.05) is 19.2 Å². The van der Waals surface area contributed by atoms with Crippen molar-refractivity contribution < 1.29 is 4.84 Å². The van der Waals surface area contributed by atoms with Crippen molar-refractivity contribution in [2.45, 2.75) is 13.5 Å². The van der Waals surface area contributed by atoms with Gasteiger partial charge < -0.3 is 4.84 Å². The molecule has 0 aliphatic heterocycles. The third-order valence-corrected chi connectivity index (χ3v) is 1.21. The Morgan fingerprint density at radius 3 is 3.10 bits per heavy atom. The molecule has 1 heterocycles. The van der Waals surface area contributed by atoms with E-state index in [9.17, 15) is 0 Å². The molecule has 1 aromatic rings. The van der Waals surface area contributed by atoms with E-state index in [0.717, 1.165) is 5.69 Å². The maximum atomic E-state index is 4.84. The van der Waals surface area contributed by atoms with Gasteiger partial charge in [-0.1, -0.05) is 0 Å². The lowest BCUT2D eigenvalue weighted by atomic mass is 10.5. The van der Waals surface area contributed by atoms with Crippen LogP contribution >= 0.6 is 0 Å². The molecule has 4 nitrogen and oxygen atoms in total. The maximum Gasteiger partial charge on any atom is 0.0875 e. The van der Waals surface area contributed by atoms with E-state index in [0.29, 0.717) is 13.2 Å². The number of aryl methyl sites for hydroxylation is 1. The molecule has 1 aromatic heterocycles. The van der Waals surface area contributed by atoms with Crippen molar-refractivity contribution >= 4 is 0 Å². The molecule has 1 rings (SSSR count). The van der Waals surface area contributed by atoms with Crippen LogP contribution in [-0.2, 0) is 11.4 Å². The highest BCUT2D eigenvalue weighted by atomic mass is 16.6. The molecule has 0 aliphatic carbocycles. The smallest absolute Gasteiger partial charge is 0.0875 e. The maximum absolute atomic E-state index is 4.84. The van der Waals surface area contributed by atoms with Gasteiger partial charge in [0.2, 0.25) is 0 Å². The highest BCUT2D eigenvalue weighted by Crippen LogP contribution is 1.91. The van der Waals surface area contributed by atoms with Gasteiger partial charge in [-0.15, -0.1) is 0 Å². The van der Waals surface area contributed by atoms with Crippen LogP contribution in [0.25, 0.3) is 0 Å². The minimum Gasteiger partial charge on any atom is -0.303 e. The highest BCUT2D eigenvalue weighted by Gasteiger charge is 1.91. The van der Waals surface area contributed by atoms with Crippen molar-refractivity contribution in [3.63, 3.8) is 0 Å². The SMILES string of the molecule is Cc1ccn(CCON)n1. The largest absolute Gasteiger partial charge is 0.303 e. The van der Waals surface area contributed by atoms with Crippen LogP contribution in [0, 0.1) is 6.92 Å². The molecule has 0 aromatic carbocycles. The Hall–Kier alpha value is -0.870. The molecule has 56 valence electrons. The molecule has 0 fully saturated rings. The van der Waals surface area contributed by atoms with E-state index in [1.165, 1.54) is 0 Å². The fraction of sp³-hybridized carbons (Fsp3) is 0.500. The van der Waals surface area contributed by atoms with E-state index in [4.69, 9.17) is 5.90 Å². The molecule has 0 saturated carbocycles. The van der Waals surface area contributed by atoms with E-state index < -0.39 is 0 Å². The lowest BCUT2D eigenvalue weighted by Gasteiger charge is -1.97. The van der Waals surface area contributed by atoms with Gasteiger partial charge in [0, 0.05) is 6.20 Å². The third-order valence-electron chi connectivity index (χ3n) is 1.21. The van der Waals surface area contributed by atoms with E-state index in [1.54, 1.807) is 4.68 Å². The molecule has 0 aliphatic rings. The Morgan fingerprint density at radius 1 is 1.80 bits per heavy atom. The van der Waals surface area contributed by atoms with Crippen molar-refractivity contribution in [1.82, 2.24) is 9.78 Å². The second kappa shape index (κ2) is 3.34. The summed E-state index contributed by atoms with van der Waals surface area (Å²) in [4.78, 5) is 4.39. The molecule has 4 heteroatoms. The fourth-order valence-electron chi connectivity index (χ4n) is 0.734. The van der Waals surface area contributed by atoms with Gasteiger partial charge in [0.25, 0.3) is 0 Å². The van der Waals surface area contributed by atoms with E-state index in [2.05, 4.69) is 9.94 Å². The number of nitrogens with two attached hydrogens (primary N) is 1. The van der Waals surface area contributed by atoms with Crippen molar-refractivity contribution in [2.24, 2.45) is 5.90 Å². The zero-order valence-electron chi connectivity index (χ0n) is 5.95.